The van der Waals surface area contributed by atoms with Crippen LogP contribution in [-0.4, -0.2) is 15.8 Å². The van der Waals surface area contributed by atoms with Gasteiger partial charge in [0.2, 0.25) is 0 Å². The van der Waals surface area contributed by atoms with Crippen molar-refractivity contribution in [3.05, 3.63) is 151 Å². The number of fused-ring (bicyclic) bond motifs is 10. The molecule has 3 aliphatic rings. The first-order valence-corrected chi connectivity index (χ1v) is 20.0. The van der Waals surface area contributed by atoms with Crippen LogP contribution in [0.15, 0.2) is 146 Å². The van der Waals surface area contributed by atoms with Crippen molar-refractivity contribution in [2.75, 3.05) is 9.80 Å². The van der Waals surface area contributed by atoms with Gasteiger partial charge in [-0.1, -0.05) is 92.1 Å². The van der Waals surface area contributed by atoms with Crippen LogP contribution in [0, 0.1) is 0 Å². The molecule has 0 N–H and O–H groups in total. The highest BCUT2D eigenvalue weighted by molar-refractivity contribution is 7.00. The Bertz CT molecular complexity index is 2810. The molecule has 0 amide bonds. The van der Waals surface area contributed by atoms with E-state index >= 15 is 0 Å². The predicted octanol–water partition coefficient (Wildman–Crippen LogP) is 11.1. The minimum absolute atomic E-state index is 0.0418. The first-order valence-electron chi connectivity index (χ1n) is 20.0. The van der Waals surface area contributed by atoms with Gasteiger partial charge in [-0.15, -0.1) is 0 Å². The summed E-state index contributed by atoms with van der Waals surface area (Å²) in [5, 5.41) is 5.21. The van der Waals surface area contributed by atoms with Crippen LogP contribution in [0.1, 0.15) is 43.6 Å². The first-order chi connectivity index (χ1) is 27.1. The van der Waals surface area contributed by atoms with Gasteiger partial charge in [-0.05, 0) is 114 Å². The molecule has 9 aromatic rings. The smallest absolute Gasteiger partial charge is 0.252 e. The van der Waals surface area contributed by atoms with Crippen molar-refractivity contribution in [3.8, 4) is 0 Å². The molecule has 4 heterocycles. The molecule has 264 valence electrons. The Balaban J connectivity index is 1.26. The molecular weight excluding hydrogens is 667 g/mol. The van der Waals surface area contributed by atoms with Crippen LogP contribution in [0.2, 0.25) is 0 Å². The number of anilines is 6. The Hall–Kier alpha value is -6.20. The summed E-state index contributed by atoms with van der Waals surface area (Å²) >= 11 is 0. The molecule has 1 saturated carbocycles. The lowest BCUT2D eigenvalue weighted by molar-refractivity contribution is 0.444. The highest BCUT2D eigenvalue weighted by atomic mass is 15.2. The van der Waals surface area contributed by atoms with Gasteiger partial charge in [-0.25, -0.2) is 0 Å². The predicted molar refractivity (Wildman–Crippen MR) is 234 cm³/mol. The van der Waals surface area contributed by atoms with Gasteiger partial charge in [0.1, 0.15) is 0 Å². The van der Waals surface area contributed by atoms with Crippen LogP contribution in [0.3, 0.4) is 0 Å². The Labute approximate surface area is 321 Å². The van der Waals surface area contributed by atoms with Gasteiger partial charge in [0.25, 0.3) is 6.71 Å². The quantitative estimate of drug-likeness (QED) is 0.170. The third-order valence-corrected chi connectivity index (χ3v) is 13.3. The Morgan fingerprint density at radius 3 is 1.38 bits per heavy atom. The molecule has 2 aromatic heterocycles. The molecule has 0 saturated heterocycles. The van der Waals surface area contributed by atoms with Crippen LogP contribution < -0.4 is 26.2 Å². The number of aromatic nitrogens is 2. The van der Waals surface area contributed by atoms with Crippen molar-refractivity contribution < 1.29 is 0 Å². The van der Waals surface area contributed by atoms with E-state index in [-0.39, 0.29) is 6.71 Å². The molecule has 5 heteroatoms. The maximum atomic E-state index is 2.60. The lowest BCUT2D eigenvalue weighted by Crippen LogP contribution is -2.61. The Morgan fingerprint density at radius 1 is 0.436 bits per heavy atom. The summed E-state index contributed by atoms with van der Waals surface area (Å²) in [6, 6.07) is 55.3. The molecule has 0 spiro atoms. The molecule has 12 rings (SSSR count). The van der Waals surface area contributed by atoms with E-state index < -0.39 is 0 Å². The van der Waals surface area contributed by atoms with Crippen molar-refractivity contribution in [1.29, 1.82) is 0 Å². The minimum Gasteiger partial charge on any atom is -0.344 e. The largest absolute Gasteiger partial charge is 0.344 e. The fraction of sp³-hybridized carbons (Fsp3) is 0.160. The molecular formula is C50H41BN4. The second-order valence-electron chi connectivity index (χ2n) is 16.1. The summed E-state index contributed by atoms with van der Waals surface area (Å²) < 4.78 is 4.79. The zero-order valence-electron chi connectivity index (χ0n) is 31.3. The summed E-state index contributed by atoms with van der Waals surface area (Å²) in [6.45, 7) is 0.0418. The van der Waals surface area contributed by atoms with E-state index in [4.69, 9.17) is 0 Å². The van der Waals surface area contributed by atoms with Gasteiger partial charge in [0.05, 0.1) is 0 Å². The number of benzene rings is 7. The number of aryl methyl sites for hydroxylation is 2. The molecule has 0 unspecified atom stereocenters. The number of hydrogen-bond donors (Lipinski definition) is 0. The summed E-state index contributed by atoms with van der Waals surface area (Å²) in [5.41, 5.74) is 18.2. The second-order valence-corrected chi connectivity index (χ2v) is 16.1. The monoisotopic (exact) mass is 708 g/mol. The molecule has 0 bridgehead atoms. The average Bonchev–Trinajstić information content (AvgIpc) is 3.68. The topological polar surface area (TPSA) is 16.3 Å². The lowest BCUT2D eigenvalue weighted by Gasteiger charge is -2.45. The molecule has 1 fully saturated rings. The molecule has 0 radical (unpaired) electrons. The summed E-state index contributed by atoms with van der Waals surface area (Å²) in [4.78, 5) is 5.20. The SMILES string of the molecule is Cn1c2ccccc2c2cc3c(cc21)B1c2cc4c(cc2N(c2ccccc2)c2cc(C5CCCCC5)cc(c21)N3c1ccccc1)c1ccccc1n4C. The molecule has 0 atom stereocenters. The van der Waals surface area contributed by atoms with Gasteiger partial charge in [-0.2, -0.15) is 0 Å². The molecule has 7 aromatic carbocycles. The van der Waals surface area contributed by atoms with Crippen molar-refractivity contribution in [2.45, 2.75) is 38.0 Å². The number of para-hydroxylation sites is 4. The van der Waals surface area contributed by atoms with Crippen molar-refractivity contribution in [1.82, 2.24) is 9.13 Å². The van der Waals surface area contributed by atoms with E-state index in [9.17, 15) is 0 Å². The van der Waals surface area contributed by atoms with Gasteiger partial charge in [-0.3, -0.25) is 0 Å². The van der Waals surface area contributed by atoms with E-state index in [1.54, 1.807) is 0 Å². The van der Waals surface area contributed by atoms with Crippen LogP contribution >= 0.6 is 0 Å². The van der Waals surface area contributed by atoms with Gasteiger partial charge in [0.15, 0.2) is 0 Å². The van der Waals surface area contributed by atoms with Crippen LogP contribution in [0.25, 0.3) is 43.6 Å². The summed E-state index contributed by atoms with van der Waals surface area (Å²) in [7, 11) is 4.46. The van der Waals surface area contributed by atoms with Crippen LogP contribution in [0.4, 0.5) is 34.1 Å². The normalized spacial score (nSPS) is 15.3. The third-order valence-electron chi connectivity index (χ3n) is 13.3. The molecule has 4 nitrogen and oxygen atoms in total. The standard InChI is InChI=1S/C50H41BN4/c1-52-42-24-14-12-22-36(42)38-28-46-40(30-44(38)52)51-41-31-45-39(37-23-13-15-25-43(37)53(45)2)29-47(41)55(35-20-10-5-11-21-35)49-27-33(32-16-6-3-7-17-32)26-48(50(49)51)54(46)34-18-8-4-9-19-34/h4-5,8-15,18-32H,3,6-7,16-17H2,1-2H3. The zero-order valence-corrected chi connectivity index (χ0v) is 31.3. The second kappa shape index (κ2) is 11.7. The fourth-order valence-electron chi connectivity index (χ4n) is 10.7. The van der Waals surface area contributed by atoms with Crippen LogP contribution in [0.5, 0.6) is 0 Å². The van der Waals surface area contributed by atoms with Gasteiger partial charge in [0, 0.05) is 91.8 Å². The molecule has 2 aliphatic heterocycles. The van der Waals surface area contributed by atoms with E-state index in [0.29, 0.717) is 5.92 Å². The third kappa shape index (κ3) is 4.35. The molecule has 55 heavy (non-hydrogen) atoms. The zero-order chi connectivity index (χ0) is 36.4. The molecule has 1 aliphatic carbocycles. The Morgan fingerprint density at radius 2 is 0.891 bits per heavy atom. The number of hydrogen-bond acceptors (Lipinski definition) is 2. The maximum absolute atomic E-state index is 2.60. The Kier molecular flexibility index (Phi) is 6.61. The van der Waals surface area contributed by atoms with E-state index in [1.165, 1.54) is 132 Å². The van der Waals surface area contributed by atoms with Crippen LogP contribution in [-0.2, 0) is 14.1 Å². The van der Waals surface area contributed by atoms with Gasteiger partial charge >= 0.3 is 0 Å². The van der Waals surface area contributed by atoms with E-state index in [1.807, 2.05) is 0 Å². The van der Waals surface area contributed by atoms with Crippen molar-refractivity contribution in [3.63, 3.8) is 0 Å². The van der Waals surface area contributed by atoms with E-state index in [0.717, 1.165) is 0 Å². The fourth-order valence-corrected chi connectivity index (χ4v) is 10.7. The van der Waals surface area contributed by atoms with Crippen molar-refractivity contribution >= 4 is 101 Å². The highest BCUT2D eigenvalue weighted by Gasteiger charge is 2.44. The lowest BCUT2D eigenvalue weighted by atomic mass is 9.33. The summed E-state index contributed by atoms with van der Waals surface area (Å²) in [5.74, 6) is 0.549. The first kappa shape index (κ1) is 31.2. The highest BCUT2D eigenvalue weighted by Crippen LogP contribution is 2.48. The maximum Gasteiger partial charge on any atom is 0.252 e. The number of nitrogens with zero attached hydrogens (tertiary/aromatic N) is 4. The number of rotatable bonds is 3. The average molecular weight is 709 g/mol. The van der Waals surface area contributed by atoms with Gasteiger partial charge < -0.3 is 18.9 Å². The van der Waals surface area contributed by atoms with Crippen molar-refractivity contribution in [2.24, 2.45) is 14.1 Å². The summed E-state index contributed by atoms with van der Waals surface area (Å²) in [6.07, 6.45) is 6.44. The minimum atomic E-state index is 0.0418. The van der Waals surface area contributed by atoms with E-state index in [2.05, 4.69) is 179 Å².